The summed E-state index contributed by atoms with van der Waals surface area (Å²) in [7, 11) is 0. The average molecular weight is 291 g/mol. The van der Waals surface area contributed by atoms with Gasteiger partial charge >= 0.3 is 5.97 Å². The number of benzene rings is 1. The van der Waals surface area contributed by atoms with Crippen molar-refractivity contribution >= 4 is 17.6 Å². The molecule has 0 amide bonds. The molecule has 1 aliphatic carbocycles. The van der Waals surface area contributed by atoms with Crippen LogP contribution in [-0.4, -0.2) is 20.6 Å². The summed E-state index contributed by atoms with van der Waals surface area (Å²) < 4.78 is 1.92. The van der Waals surface area contributed by atoms with E-state index < -0.39 is 5.97 Å². The SMILES string of the molecule is Cc1nccn1-c1ccc(C2(CC(=O)O)CC2)cc1Cl. The first kappa shape index (κ1) is 13.2. The van der Waals surface area contributed by atoms with Crippen LogP contribution in [0.5, 0.6) is 0 Å². The van der Waals surface area contributed by atoms with Crippen LogP contribution in [0, 0.1) is 6.92 Å². The van der Waals surface area contributed by atoms with Crippen LogP contribution in [-0.2, 0) is 10.2 Å². The Balaban J connectivity index is 1.96. The van der Waals surface area contributed by atoms with Gasteiger partial charge in [-0.3, -0.25) is 4.79 Å². The van der Waals surface area contributed by atoms with E-state index in [1.807, 2.05) is 35.9 Å². The van der Waals surface area contributed by atoms with E-state index in [0.717, 1.165) is 29.9 Å². The molecule has 0 radical (unpaired) electrons. The van der Waals surface area contributed by atoms with Crippen molar-refractivity contribution in [2.75, 3.05) is 0 Å². The third kappa shape index (κ3) is 2.20. The Morgan fingerprint density at radius 2 is 2.25 bits per heavy atom. The summed E-state index contributed by atoms with van der Waals surface area (Å²) in [5.41, 5.74) is 1.68. The summed E-state index contributed by atoms with van der Waals surface area (Å²) in [4.78, 5) is 15.1. The molecule has 0 saturated heterocycles. The molecule has 0 atom stereocenters. The van der Waals surface area contributed by atoms with Crippen molar-refractivity contribution in [2.45, 2.75) is 31.6 Å². The highest BCUT2D eigenvalue weighted by atomic mass is 35.5. The van der Waals surface area contributed by atoms with Gasteiger partial charge in [0.15, 0.2) is 0 Å². The minimum absolute atomic E-state index is 0.173. The average Bonchev–Trinajstić information content (AvgIpc) is 3.03. The summed E-state index contributed by atoms with van der Waals surface area (Å²) in [5, 5.41) is 9.64. The summed E-state index contributed by atoms with van der Waals surface area (Å²) >= 11 is 6.37. The van der Waals surface area contributed by atoms with Crippen LogP contribution < -0.4 is 0 Å². The quantitative estimate of drug-likeness (QED) is 0.939. The van der Waals surface area contributed by atoms with Crippen LogP contribution in [0.4, 0.5) is 0 Å². The zero-order valence-electron chi connectivity index (χ0n) is 11.1. The van der Waals surface area contributed by atoms with Gasteiger partial charge in [-0.2, -0.15) is 0 Å². The Labute approximate surface area is 122 Å². The first-order valence-corrected chi connectivity index (χ1v) is 6.92. The lowest BCUT2D eigenvalue weighted by atomic mass is 9.92. The van der Waals surface area contributed by atoms with Crippen LogP contribution in [0.1, 0.15) is 30.7 Å². The first-order valence-electron chi connectivity index (χ1n) is 6.54. The van der Waals surface area contributed by atoms with E-state index in [9.17, 15) is 4.79 Å². The first-order chi connectivity index (χ1) is 9.52. The largest absolute Gasteiger partial charge is 0.481 e. The molecule has 1 aromatic heterocycles. The van der Waals surface area contributed by atoms with Gasteiger partial charge in [0.1, 0.15) is 5.82 Å². The smallest absolute Gasteiger partial charge is 0.304 e. The van der Waals surface area contributed by atoms with E-state index in [1.54, 1.807) is 6.20 Å². The lowest BCUT2D eigenvalue weighted by Crippen LogP contribution is -2.13. The summed E-state index contributed by atoms with van der Waals surface area (Å²) in [5.74, 6) is 0.111. The molecule has 1 heterocycles. The molecule has 0 aliphatic heterocycles. The molecular formula is C15H15ClN2O2. The summed E-state index contributed by atoms with van der Waals surface area (Å²) in [6, 6.07) is 5.82. The van der Waals surface area contributed by atoms with Crippen LogP contribution in [0.2, 0.25) is 5.02 Å². The van der Waals surface area contributed by atoms with Crippen LogP contribution in [0.15, 0.2) is 30.6 Å². The molecule has 1 saturated carbocycles. The second kappa shape index (κ2) is 4.63. The second-order valence-corrected chi connectivity index (χ2v) is 5.77. The van der Waals surface area contributed by atoms with Gasteiger partial charge in [-0.05, 0) is 37.5 Å². The molecular weight excluding hydrogens is 276 g/mol. The van der Waals surface area contributed by atoms with Crippen molar-refractivity contribution in [3.63, 3.8) is 0 Å². The summed E-state index contributed by atoms with van der Waals surface area (Å²) in [6.45, 7) is 1.91. The molecule has 0 spiro atoms. The molecule has 20 heavy (non-hydrogen) atoms. The number of aryl methyl sites for hydroxylation is 1. The number of aliphatic carboxylic acids is 1. The van der Waals surface area contributed by atoms with Crippen molar-refractivity contribution in [3.8, 4) is 5.69 Å². The minimum atomic E-state index is -0.756. The lowest BCUT2D eigenvalue weighted by Gasteiger charge is -2.15. The number of hydrogen-bond donors (Lipinski definition) is 1. The van der Waals surface area contributed by atoms with Gasteiger partial charge in [0.25, 0.3) is 0 Å². The maximum Gasteiger partial charge on any atom is 0.304 e. The Morgan fingerprint density at radius 1 is 1.50 bits per heavy atom. The van der Waals surface area contributed by atoms with Gasteiger partial charge in [-0.1, -0.05) is 17.7 Å². The van der Waals surface area contributed by atoms with Crippen molar-refractivity contribution < 1.29 is 9.90 Å². The number of imidazole rings is 1. The topological polar surface area (TPSA) is 55.1 Å². The monoisotopic (exact) mass is 290 g/mol. The van der Waals surface area contributed by atoms with Crippen molar-refractivity contribution in [1.82, 2.24) is 9.55 Å². The fourth-order valence-electron chi connectivity index (χ4n) is 2.67. The van der Waals surface area contributed by atoms with Crippen molar-refractivity contribution in [3.05, 3.63) is 47.0 Å². The zero-order valence-corrected chi connectivity index (χ0v) is 11.9. The maximum absolute atomic E-state index is 11.0. The third-order valence-electron chi connectivity index (χ3n) is 3.99. The van der Waals surface area contributed by atoms with Gasteiger partial charge in [-0.25, -0.2) is 4.98 Å². The third-order valence-corrected chi connectivity index (χ3v) is 4.29. The van der Waals surface area contributed by atoms with Crippen LogP contribution in [0.25, 0.3) is 5.69 Å². The number of hydrogen-bond acceptors (Lipinski definition) is 2. The fourth-order valence-corrected chi connectivity index (χ4v) is 2.94. The number of rotatable bonds is 4. The number of halogens is 1. The molecule has 2 aromatic rings. The molecule has 3 rings (SSSR count). The normalized spacial score (nSPS) is 16.1. The molecule has 1 aliphatic rings. The highest BCUT2D eigenvalue weighted by Crippen LogP contribution is 2.51. The fraction of sp³-hybridized carbons (Fsp3) is 0.333. The van der Waals surface area contributed by atoms with Gasteiger partial charge in [0.05, 0.1) is 17.1 Å². The lowest BCUT2D eigenvalue weighted by molar-refractivity contribution is -0.137. The maximum atomic E-state index is 11.0. The van der Waals surface area contributed by atoms with E-state index in [1.165, 1.54) is 0 Å². The summed E-state index contributed by atoms with van der Waals surface area (Å²) in [6.07, 6.45) is 5.59. The number of carbonyl (C=O) groups is 1. The van der Waals surface area contributed by atoms with E-state index in [2.05, 4.69) is 4.98 Å². The van der Waals surface area contributed by atoms with E-state index in [4.69, 9.17) is 16.7 Å². The number of carboxylic acids is 1. The van der Waals surface area contributed by atoms with Crippen molar-refractivity contribution in [2.24, 2.45) is 0 Å². The van der Waals surface area contributed by atoms with Gasteiger partial charge in [-0.15, -0.1) is 0 Å². The molecule has 1 N–H and O–H groups in total. The van der Waals surface area contributed by atoms with Gasteiger partial charge < -0.3 is 9.67 Å². The van der Waals surface area contributed by atoms with Crippen LogP contribution in [0.3, 0.4) is 0 Å². The molecule has 4 nitrogen and oxygen atoms in total. The Hall–Kier alpha value is -1.81. The second-order valence-electron chi connectivity index (χ2n) is 5.36. The van der Waals surface area contributed by atoms with Gasteiger partial charge in [0, 0.05) is 17.8 Å². The van der Waals surface area contributed by atoms with E-state index in [-0.39, 0.29) is 11.8 Å². The van der Waals surface area contributed by atoms with Gasteiger partial charge in [0.2, 0.25) is 0 Å². The minimum Gasteiger partial charge on any atom is -0.481 e. The standard InChI is InChI=1S/C15H15ClN2O2/c1-10-17-6-7-18(10)13-3-2-11(8-12(13)16)15(4-5-15)9-14(19)20/h2-3,6-8H,4-5,9H2,1H3,(H,19,20). The molecule has 1 aromatic carbocycles. The van der Waals surface area contributed by atoms with E-state index >= 15 is 0 Å². The van der Waals surface area contributed by atoms with Crippen LogP contribution >= 0.6 is 11.6 Å². The zero-order chi connectivity index (χ0) is 14.3. The molecule has 1 fully saturated rings. The van der Waals surface area contributed by atoms with E-state index in [0.29, 0.717) is 5.02 Å². The highest BCUT2D eigenvalue weighted by molar-refractivity contribution is 6.32. The highest BCUT2D eigenvalue weighted by Gasteiger charge is 2.46. The van der Waals surface area contributed by atoms with Crippen molar-refractivity contribution in [1.29, 1.82) is 0 Å². The molecule has 0 bridgehead atoms. The predicted molar refractivity (Wildman–Crippen MR) is 76.5 cm³/mol. The Bertz CT molecular complexity index is 674. The Morgan fingerprint density at radius 3 is 2.75 bits per heavy atom. The molecule has 5 heteroatoms. The number of carboxylic acid groups (broad SMARTS) is 1. The predicted octanol–water partition coefficient (Wildman–Crippen LogP) is 3.34. The Kier molecular flexibility index (Phi) is 3.05. The number of nitrogens with zero attached hydrogens (tertiary/aromatic N) is 2. The molecule has 104 valence electrons. The molecule has 0 unspecified atom stereocenters. The number of aromatic nitrogens is 2.